The van der Waals surface area contributed by atoms with Crippen molar-refractivity contribution in [3.8, 4) is 11.8 Å². The normalized spacial score (nSPS) is 11.3. The second kappa shape index (κ2) is 9.11. The lowest BCUT2D eigenvalue weighted by molar-refractivity contribution is -0.141. The maximum Gasteiger partial charge on any atom is 0.435 e. The Morgan fingerprint density at radius 3 is 2.39 bits per heavy atom. The van der Waals surface area contributed by atoms with Crippen molar-refractivity contribution in [2.24, 2.45) is 7.05 Å². The van der Waals surface area contributed by atoms with Crippen LogP contribution in [0.4, 0.5) is 18.9 Å². The number of nitrogens with one attached hydrogen (secondary N) is 1. The molecule has 0 aliphatic carbocycles. The highest BCUT2D eigenvalue weighted by Crippen LogP contribution is 2.31. The number of aromatic nitrogens is 4. The summed E-state index contributed by atoms with van der Waals surface area (Å²) in [7, 11) is 1.30. The highest BCUT2D eigenvalue weighted by atomic mass is 19.4. The molecule has 4 rings (SSSR count). The van der Waals surface area contributed by atoms with E-state index >= 15 is 0 Å². The first-order valence-corrected chi connectivity index (χ1v) is 9.83. The maximum atomic E-state index is 12.8. The van der Waals surface area contributed by atoms with Crippen LogP contribution in [0.1, 0.15) is 27.3 Å². The second-order valence-corrected chi connectivity index (χ2v) is 7.15. The molecule has 10 heteroatoms. The predicted molar refractivity (Wildman–Crippen MR) is 114 cm³/mol. The molecule has 0 atom stereocenters. The van der Waals surface area contributed by atoms with Crippen molar-refractivity contribution in [3.63, 3.8) is 0 Å². The zero-order valence-corrected chi connectivity index (χ0v) is 17.4. The molecular formula is C23H18F3N5O2. The zero-order valence-electron chi connectivity index (χ0n) is 17.4. The van der Waals surface area contributed by atoms with Gasteiger partial charge in [0, 0.05) is 18.8 Å². The second-order valence-electron chi connectivity index (χ2n) is 7.15. The van der Waals surface area contributed by atoms with E-state index in [4.69, 9.17) is 4.74 Å². The molecule has 0 saturated carbocycles. The molecule has 2 aromatic heterocycles. The van der Waals surface area contributed by atoms with E-state index in [1.807, 2.05) is 42.5 Å². The Bertz CT molecular complexity index is 1260. The Labute approximate surface area is 186 Å². The van der Waals surface area contributed by atoms with Crippen molar-refractivity contribution < 1.29 is 22.7 Å². The van der Waals surface area contributed by atoms with Crippen LogP contribution in [0.3, 0.4) is 0 Å². The molecule has 0 aliphatic rings. The van der Waals surface area contributed by atoms with Crippen LogP contribution in [0.15, 0.2) is 73.1 Å². The van der Waals surface area contributed by atoms with Crippen molar-refractivity contribution in [2.45, 2.75) is 12.6 Å². The van der Waals surface area contributed by atoms with Crippen LogP contribution in [0, 0.1) is 0 Å². The fourth-order valence-corrected chi connectivity index (χ4v) is 3.03. The van der Waals surface area contributed by atoms with Crippen LogP contribution in [-0.4, -0.2) is 25.7 Å². The van der Waals surface area contributed by atoms with Gasteiger partial charge in [0.15, 0.2) is 11.4 Å². The zero-order chi connectivity index (χ0) is 23.4. The fraction of sp³-hybridized carbons (Fsp3) is 0.130. The Hall–Kier alpha value is -4.21. The van der Waals surface area contributed by atoms with E-state index in [1.165, 1.54) is 25.0 Å². The minimum atomic E-state index is -4.61. The van der Waals surface area contributed by atoms with E-state index in [1.54, 1.807) is 12.1 Å². The van der Waals surface area contributed by atoms with E-state index < -0.39 is 17.8 Å². The Kier molecular flexibility index (Phi) is 6.07. The van der Waals surface area contributed by atoms with Gasteiger partial charge in [-0.1, -0.05) is 42.5 Å². The Balaban J connectivity index is 1.42. The van der Waals surface area contributed by atoms with Crippen molar-refractivity contribution in [1.29, 1.82) is 0 Å². The van der Waals surface area contributed by atoms with Crippen LogP contribution in [0.5, 0.6) is 11.8 Å². The summed E-state index contributed by atoms with van der Waals surface area (Å²) in [4.78, 5) is 20.5. The number of alkyl halides is 3. The lowest BCUT2D eigenvalue weighted by Gasteiger charge is -2.08. The van der Waals surface area contributed by atoms with Gasteiger partial charge in [0.25, 0.3) is 5.91 Å². The molecule has 1 N–H and O–H groups in total. The van der Waals surface area contributed by atoms with Crippen LogP contribution in [0.2, 0.25) is 0 Å². The molecule has 7 nitrogen and oxygen atoms in total. The third-order valence-corrected chi connectivity index (χ3v) is 4.64. The number of hydrogen-bond donors (Lipinski definition) is 1. The number of benzene rings is 2. The number of anilines is 1. The number of rotatable bonds is 6. The van der Waals surface area contributed by atoms with Gasteiger partial charge in [-0.15, -0.1) is 0 Å². The molecule has 0 unspecified atom stereocenters. The number of ether oxygens (including phenoxy) is 1. The van der Waals surface area contributed by atoms with Crippen molar-refractivity contribution >= 4 is 11.6 Å². The van der Waals surface area contributed by atoms with Crippen LogP contribution >= 0.6 is 0 Å². The van der Waals surface area contributed by atoms with Gasteiger partial charge in [-0.05, 0) is 29.7 Å². The first kappa shape index (κ1) is 22.0. The molecule has 2 aromatic carbocycles. The average Bonchev–Trinajstić information content (AvgIpc) is 3.17. The number of hydrogen-bond acceptors (Lipinski definition) is 5. The molecule has 0 aliphatic heterocycles. The molecule has 33 heavy (non-hydrogen) atoms. The van der Waals surface area contributed by atoms with E-state index in [0.717, 1.165) is 22.7 Å². The Morgan fingerprint density at radius 2 is 1.73 bits per heavy atom. The molecule has 0 spiro atoms. The van der Waals surface area contributed by atoms with Gasteiger partial charge in [0.1, 0.15) is 0 Å². The van der Waals surface area contributed by atoms with Gasteiger partial charge >= 0.3 is 6.18 Å². The highest BCUT2D eigenvalue weighted by molar-refractivity contribution is 6.02. The summed E-state index contributed by atoms with van der Waals surface area (Å²) in [6.07, 6.45) is -1.42. The van der Waals surface area contributed by atoms with Gasteiger partial charge < -0.3 is 10.1 Å². The summed E-state index contributed by atoms with van der Waals surface area (Å²) < 4.78 is 44.7. The van der Waals surface area contributed by atoms with Gasteiger partial charge in [-0.3, -0.25) is 9.78 Å². The van der Waals surface area contributed by atoms with Crippen LogP contribution in [-0.2, 0) is 19.6 Å². The summed E-state index contributed by atoms with van der Waals surface area (Å²) >= 11 is 0. The monoisotopic (exact) mass is 453 g/mol. The molecule has 2 heterocycles. The van der Waals surface area contributed by atoms with Gasteiger partial charge in [0.2, 0.25) is 11.8 Å². The molecule has 0 saturated heterocycles. The quantitative estimate of drug-likeness (QED) is 0.451. The lowest BCUT2D eigenvalue weighted by Crippen LogP contribution is -2.14. The van der Waals surface area contributed by atoms with Crippen LogP contribution < -0.4 is 10.1 Å². The molecule has 0 radical (unpaired) electrons. The van der Waals surface area contributed by atoms with Gasteiger partial charge in [0.05, 0.1) is 12.4 Å². The number of halogens is 3. The van der Waals surface area contributed by atoms with Crippen LogP contribution in [0.25, 0.3) is 0 Å². The largest absolute Gasteiger partial charge is 0.435 e. The first-order chi connectivity index (χ1) is 15.8. The predicted octanol–water partition coefficient (Wildman–Crippen LogP) is 4.86. The number of nitrogens with zero attached hydrogens (tertiary/aromatic N) is 4. The van der Waals surface area contributed by atoms with Gasteiger partial charge in [-0.25, -0.2) is 9.67 Å². The number of carbonyl (C=O) groups excluding carboxylic acids is 1. The molecule has 0 bridgehead atoms. The summed E-state index contributed by atoms with van der Waals surface area (Å²) in [5.41, 5.74) is 1.67. The number of aryl methyl sites for hydroxylation is 1. The highest BCUT2D eigenvalue weighted by Gasteiger charge is 2.35. The third kappa shape index (κ3) is 5.53. The van der Waals surface area contributed by atoms with Crippen molar-refractivity contribution in [2.75, 3.05) is 5.32 Å². The molecule has 0 fully saturated rings. The van der Waals surface area contributed by atoms with E-state index in [2.05, 4.69) is 20.4 Å². The molecular weight excluding hydrogens is 435 g/mol. The molecule has 4 aromatic rings. The van der Waals surface area contributed by atoms with Crippen molar-refractivity contribution in [1.82, 2.24) is 19.7 Å². The standard InChI is InChI=1S/C23H18F3N5O2/c1-31-21(12-19(30-31)23(24,25)26)33-20-14-27-13-18(29-20)22(32)28-17-9-7-16(8-10-17)11-15-5-3-2-4-6-15/h2-10,12-14H,11H2,1H3,(H,28,32). The minimum Gasteiger partial charge on any atom is -0.419 e. The third-order valence-electron chi connectivity index (χ3n) is 4.64. The Morgan fingerprint density at radius 1 is 1.03 bits per heavy atom. The average molecular weight is 453 g/mol. The minimum absolute atomic E-state index is 0.0564. The van der Waals surface area contributed by atoms with E-state index in [0.29, 0.717) is 5.69 Å². The topological polar surface area (TPSA) is 81.9 Å². The van der Waals surface area contributed by atoms with E-state index in [-0.39, 0.29) is 17.5 Å². The number of carbonyl (C=O) groups is 1. The smallest absolute Gasteiger partial charge is 0.419 e. The number of amides is 1. The summed E-state index contributed by atoms with van der Waals surface area (Å²) in [5.74, 6) is -0.870. The summed E-state index contributed by atoms with van der Waals surface area (Å²) in [6, 6.07) is 18.1. The summed E-state index contributed by atoms with van der Waals surface area (Å²) in [5, 5.41) is 6.08. The van der Waals surface area contributed by atoms with E-state index in [9.17, 15) is 18.0 Å². The van der Waals surface area contributed by atoms with Crippen molar-refractivity contribution in [3.05, 3.63) is 95.6 Å². The first-order valence-electron chi connectivity index (χ1n) is 9.83. The van der Waals surface area contributed by atoms with Gasteiger partial charge in [-0.2, -0.15) is 18.3 Å². The molecule has 168 valence electrons. The fourth-order valence-electron chi connectivity index (χ4n) is 3.03. The SMILES string of the molecule is Cn1nc(C(F)(F)F)cc1Oc1cncc(C(=O)Nc2ccc(Cc3ccccc3)cc2)n1. The molecule has 1 amide bonds. The lowest BCUT2D eigenvalue weighted by atomic mass is 10.0. The maximum absolute atomic E-state index is 12.8. The summed E-state index contributed by atoms with van der Waals surface area (Å²) in [6.45, 7) is 0.